The zero-order chi connectivity index (χ0) is 14.2. The molecule has 1 unspecified atom stereocenters. The number of hydrogen-bond donors (Lipinski definition) is 2. The number of carbonyl (C=O) groups excluding carboxylic acids is 1. The molecule has 0 aromatic heterocycles. The predicted octanol–water partition coefficient (Wildman–Crippen LogP) is 2.19. The zero-order valence-electron chi connectivity index (χ0n) is 11.6. The van der Waals surface area contributed by atoms with Crippen molar-refractivity contribution in [1.29, 1.82) is 0 Å². The van der Waals surface area contributed by atoms with Crippen molar-refractivity contribution >= 4 is 17.8 Å². The second-order valence-corrected chi connectivity index (χ2v) is 6.20. The van der Waals surface area contributed by atoms with Gasteiger partial charge in [-0.1, -0.05) is 18.2 Å². The average Bonchev–Trinajstić information content (AvgIpc) is 2.97. The Morgan fingerprint density at radius 2 is 2.20 bits per heavy atom. The lowest BCUT2D eigenvalue weighted by Crippen LogP contribution is -2.39. The minimum atomic E-state index is 0.00524. The molecule has 4 nitrogen and oxygen atoms in total. The van der Waals surface area contributed by atoms with Crippen LogP contribution in [0.1, 0.15) is 12.8 Å². The Morgan fingerprint density at radius 3 is 2.90 bits per heavy atom. The Bertz CT molecular complexity index is 414. The molecule has 0 saturated carbocycles. The first-order valence-electron chi connectivity index (χ1n) is 7.11. The molecule has 1 saturated heterocycles. The number of likely N-dealkylation sites (tertiary alicyclic amines) is 1. The SMILES string of the molecule is O=C(NCCCSc1ccccc1)N1CCC(CO)C1. The van der Waals surface area contributed by atoms with Crippen molar-refractivity contribution in [3.8, 4) is 0 Å². The molecule has 1 heterocycles. The summed E-state index contributed by atoms with van der Waals surface area (Å²) in [7, 11) is 0. The molecular formula is C15H22N2O2S. The standard InChI is InChI=1S/C15H22N2O2S/c18-12-13-7-9-17(11-13)15(19)16-8-4-10-20-14-5-2-1-3-6-14/h1-3,5-6,13,18H,4,7-12H2,(H,16,19). The molecule has 110 valence electrons. The molecule has 1 atom stereocenters. The van der Waals surface area contributed by atoms with Gasteiger partial charge in [-0.2, -0.15) is 0 Å². The summed E-state index contributed by atoms with van der Waals surface area (Å²) in [5.41, 5.74) is 0. The molecule has 20 heavy (non-hydrogen) atoms. The Labute approximate surface area is 124 Å². The monoisotopic (exact) mass is 294 g/mol. The third-order valence-corrected chi connectivity index (χ3v) is 4.54. The minimum Gasteiger partial charge on any atom is -0.396 e. The number of nitrogens with zero attached hydrogens (tertiary/aromatic N) is 1. The number of aliphatic hydroxyl groups excluding tert-OH is 1. The van der Waals surface area contributed by atoms with Gasteiger partial charge in [-0.05, 0) is 30.7 Å². The molecule has 2 amide bonds. The van der Waals surface area contributed by atoms with E-state index >= 15 is 0 Å². The van der Waals surface area contributed by atoms with Crippen molar-refractivity contribution in [2.75, 3.05) is 32.0 Å². The van der Waals surface area contributed by atoms with Crippen LogP contribution in [0.25, 0.3) is 0 Å². The van der Waals surface area contributed by atoms with Crippen molar-refractivity contribution in [3.05, 3.63) is 30.3 Å². The van der Waals surface area contributed by atoms with Crippen LogP contribution in [0.2, 0.25) is 0 Å². The van der Waals surface area contributed by atoms with Crippen molar-refractivity contribution in [3.63, 3.8) is 0 Å². The first-order chi connectivity index (χ1) is 9.79. The number of benzene rings is 1. The van der Waals surface area contributed by atoms with E-state index in [1.54, 1.807) is 4.90 Å². The Kier molecular flexibility index (Phi) is 6.21. The van der Waals surface area contributed by atoms with Gasteiger partial charge < -0.3 is 15.3 Å². The summed E-state index contributed by atoms with van der Waals surface area (Å²) < 4.78 is 0. The highest BCUT2D eigenvalue weighted by Gasteiger charge is 2.25. The maximum Gasteiger partial charge on any atom is 0.317 e. The molecule has 0 radical (unpaired) electrons. The first-order valence-corrected chi connectivity index (χ1v) is 8.09. The van der Waals surface area contributed by atoms with E-state index < -0.39 is 0 Å². The van der Waals surface area contributed by atoms with Crippen LogP contribution in [0.5, 0.6) is 0 Å². The van der Waals surface area contributed by atoms with Gasteiger partial charge in [0.05, 0.1) is 0 Å². The van der Waals surface area contributed by atoms with E-state index in [0.717, 1.165) is 25.1 Å². The van der Waals surface area contributed by atoms with E-state index in [-0.39, 0.29) is 18.6 Å². The molecule has 0 spiro atoms. The van der Waals surface area contributed by atoms with Crippen LogP contribution in [0.3, 0.4) is 0 Å². The molecular weight excluding hydrogens is 272 g/mol. The zero-order valence-corrected chi connectivity index (χ0v) is 12.4. The van der Waals surface area contributed by atoms with Gasteiger partial charge in [-0.3, -0.25) is 0 Å². The summed E-state index contributed by atoms with van der Waals surface area (Å²) in [4.78, 5) is 14.9. The fourth-order valence-electron chi connectivity index (χ4n) is 2.25. The molecule has 2 N–H and O–H groups in total. The van der Waals surface area contributed by atoms with E-state index in [1.807, 2.05) is 30.0 Å². The van der Waals surface area contributed by atoms with Crippen molar-refractivity contribution in [2.45, 2.75) is 17.7 Å². The van der Waals surface area contributed by atoms with E-state index in [0.29, 0.717) is 13.1 Å². The van der Waals surface area contributed by atoms with Gasteiger partial charge in [-0.15, -0.1) is 11.8 Å². The summed E-state index contributed by atoms with van der Waals surface area (Å²) >= 11 is 1.81. The fraction of sp³-hybridized carbons (Fsp3) is 0.533. The summed E-state index contributed by atoms with van der Waals surface area (Å²) in [6, 6.07) is 10.3. The molecule has 0 bridgehead atoms. The molecule has 1 aromatic rings. The number of aliphatic hydroxyl groups is 1. The van der Waals surface area contributed by atoms with Crippen LogP contribution in [-0.2, 0) is 0 Å². The van der Waals surface area contributed by atoms with Gasteiger partial charge >= 0.3 is 6.03 Å². The van der Waals surface area contributed by atoms with Crippen LogP contribution in [0.15, 0.2) is 35.2 Å². The molecule has 2 rings (SSSR count). The molecule has 1 aromatic carbocycles. The number of thioether (sulfide) groups is 1. The average molecular weight is 294 g/mol. The normalized spacial score (nSPS) is 18.2. The number of amides is 2. The second-order valence-electron chi connectivity index (χ2n) is 5.03. The third kappa shape index (κ3) is 4.72. The number of urea groups is 1. The van der Waals surface area contributed by atoms with Crippen LogP contribution in [0, 0.1) is 5.92 Å². The van der Waals surface area contributed by atoms with Crippen molar-refractivity contribution < 1.29 is 9.90 Å². The highest BCUT2D eigenvalue weighted by atomic mass is 32.2. The topological polar surface area (TPSA) is 52.6 Å². The smallest absolute Gasteiger partial charge is 0.317 e. The van der Waals surface area contributed by atoms with Gasteiger partial charge in [0, 0.05) is 37.1 Å². The lowest BCUT2D eigenvalue weighted by molar-refractivity contribution is 0.198. The Balaban J connectivity index is 1.56. The molecule has 1 aliphatic heterocycles. The second kappa shape index (κ2) is 8.17. The first kappa shape index (κ1) is 15.2. The number of rotatable bonds is 6. The maximum atomic E-state index is 11.9. The van der Waals surface area contributed by atoms with Gasteiger partial charge in [-0.25, -0.2) is 4.79 Å². The van der Waals surface area contributed by atoms with Crippen molar-refractivity contribution in [1.82, 2.24) is 10.2 Å². The van der Waals surface area contributed by atoms with Gasteiger partial charge in [0.1, 0.15) is 0 Å². The molecule has 5 heteroatoms. The summed E-state index contributed by atoms with van der Waals surface area (Å²) in [6.45, 7) is 2.33. The largest absolute Gasteiger partial charge is 0.396 e. The Morgan fingerprint density at radius 1 is 1.40 bits per heavy atom. The van der Waals surface area contributed by atoms with E-state index in [1.165, 1.54) is 4.90 Å². The molecule has 1 fully saturated rings. The maximum absolute atomic E-state index is 11.9. The Hall–Kier alpha value is -1.20. The van der Waals surface area contributed by atoms with E-state index in [2.05, 4.69) is 17.4 Å². The fourth-order valence-corrected chi connectivity index (χ4v) is 3.13. The van der Waals surface area contributed by atoms with Crippen LogP contribution >= 0.6 is 11.8 Å². The predicted molar refractivity (Wildman–Crippen MR) is 81.9 cm³/mol. The number of nitrogens with one attached hydrogen (secondary N) is 1. The van der Waals surface area contributed by atoms with Gasteiger partial charge in [0.2, 0.25) is 0 Å². The van der Waals surface area contributed by atoms with Gasteiger partial charge in [0.25, 0.3) is 0 Å². The third-order valence-electron chi connectivity index (χ3n) is 3.44. The highest BCUT2D eigenvalue weighted by molar-refractivity contribution is 7.99. The molecule has 0 aliphatic carbocycles. The summed E-state index contributed by atoms with van der Waals surface area (Å²) in [5.74, 6) is 1.26. The van der Waals surface area contributed by atoms with E-state index in [9.17, 15) is 4.79 Å². The highest BCUT2D eigenvalue weighted by Crippen LogP contribution is 2.17. The van der Waals surface area contributed by atoms with Crippen LogP contribution < -0.4 is 5.32 Å². The van der Waals surface area contributed by atoms with Crippen LogP contribution in [-0.4, -0.2) is 48.0 Å². The molecule has 1 aliphatic rings. The van der Waals surface area contributed by atoms with Crippen LogP contribution in [0.4, 0.5) is 4.79 Å². The summed E-state index contributed by atoms with van der Waals surface area (Å²) in [6.07, 6.45) is 1.87. The lowest BCUT2D eigenvalue weighted by atomic mass is 10.1. The summed E-state index contributed by atoms with van der Waals surface area (Å²) in [5, 5.41) is 12.0. The quantitative estimate of drug-likeness (QED) is 0.624. The van der Waals surface area contributed by atoms with Gasteiger partial charge in [0.15, 0.2) is 0 Å². The minimum absolute atomic E-state index is 0.00524. The van der Waals surface area contributed by atoms with Crippen molar-refractivity contribution in [2.24, 2.45) is 5.92 Å². The van der Waals surface area contributed by atoms with E-state index in [4.69, 9.17) is 5.11 Å². The lowest BCUT2D eigenvalue weighted by Gasteiger charge is -2.16. The number of carbonyl (C=O) groups is 1. The number of hydrogen-bond acceptors (Lipinski definition) is 3.